The second-order valence-electron chi connectivity index (χ2n) is 4.34. The summed E-state index contributed by atoms with van der Waals surface area (Å²) in [5.41, 5.74) is 0.752. The molecule has 6 heteroatoms. The smallest absolute Gasteiger partial charge is 0.290 e. The number of rotatable bonds is 3. The Morgan fingerprint density at radius 3 is 3.06 bits per heavy atom. The fourth-order valence-electron chi connectivity index (χ4n) is 2.17. The minimum absolute atomic E-state index is 0.0343. The molecule has 1 aromatic heterocycles. The van der Waals surface area contributed by atoms with Crippen molar-refractivity contribution in [2.24, 2.45) is 5.92 Å². The summed E-state index contributed by atoms with van der Waals surface area (Å²) in [4.78, 5) is 16.6. The van der Waals surface area contributed by atoms with E-state index in [0.717, 1.165) is 18.8 Å². The van der Waals surface area contributed by atoms with Gasteiger partial charge in [0.1, 0.15) is 12.0 Å². The zero-order valence-electron chi connectivity index (χ0n) is 10.2. The van der Waals surface area contributed by atoms with Gasteiger partial charge in [0, 0.05) is 18.7 Å². The monoisotopic (exact) mass is 246 g/mol. The van der Waals surface area contributed by atoms with Crippen LogP contribution in [0.25, 0.3) is 0 Å². The number of nitriles is 1. The first kappa shape index (κ1) is 12.3. The van der Waals surface area contributed by atoms with Gasteiger partial charge in [-0.15, -0.1) is 0 Å². The highest BCUT2D eigenvalue weighted by Crippen LogP contribution is 2.26. The van der Waals surface area contributed by atoms with E-state index in [-0.39, 0.29) is 11.6 Å². The number of aryl methyl sites for hydroxylation is 1. The molecule has 1 fully saturated rings. The van der Waals surface area contributed by atoms with Gasteiger partial charge in [-0.05, 0) is 18.9 Å². The lowest BCUT2D eigenvalue weighted by Gasteiger charge is -2.16. The van der Waals surface area contributed by atoms with Crippen molar-refractivity contribution < 1.29 is 4.92 Å². The molecule has 0 aromatic carbocycles. The third-order valence-corrected chi connectivity index (χ3v) is 3.22. The average Bonchev–Trinajstić information content (AvgIpc) is 2.86. The number of hydrogen-bond donors (Lipinski definition) is 0. The summed E-state index contributed by atoms with van der Waals surface area (Å²) in [5, 5.41) is 19.7. The van der Waals surface area contributed by atoms with Gasteiger partial charge in [0.2, 0.25) is 0 Å². The van der Waals surface area contributed by atoms with Crippen LogP contribution in [0.2, 0.25) is 0 Å². The van der Waals surface area contributed by atoms with Crippen LogP contribution in [0.3, 0.4) is 0 Å². The van der Waals surface area contributed by atoms with Crippen LogP contribution in [0.15, 0.2) is 12.3 Å². The van der Waals surface area contributed by atoms with Crippen LogP contribution in [0, 0.1) is 27.4 Å². The van der Waals surface area contributed by atoms with Crippen LogP contribution in [0.4, 0.5) is 11.5 Å². The first-order valence-electron chi connectivity index (χ1n) is 5.93. The van der Waals surface area contributed by atoms with E-state index in [4.69, 9.17) is 5.26 Å². The highest BCUT2D eigenvalue weighted by Gasteiger charge is 2.24. The van der Waals surface area contributed by atoms with Crippen LogP contribution in [-0.4, -0.2) is 23.0 Å². The number of hydrogen-bond acceptors (Lipinski definition) is 5. The van der Waals surface area contributed by atoms with Crippen LogP contribution < -0.4 is 4.90 Å². The third kappa shape index (κ3) is 2.25. The Bertz CT molecular complexity index is 509. The Kier molecular flexibility index (Phi) is 3.42. The summed E-state index contributed by atoms with van der Waals surface area (Å²) in [6.07, 6.45) is 2.74. The molecule has 0 radical (unpaired) electrons. The maximum Gasteiger partial charge on any atom is 0.290 e. The number of nitrogens with zero attached hydrogens (tertiary/aromatic N) is 4. The zero-order chi connectivity index (χ0) is 13.1. The van der Waals surface area contributed by atoms with Gasteiger partial charge in [-0.3, -0.25) is 10.1 Å². The molecular weight excluding hydrogens is 232 g/mol. The Hall–Kier alpha value is -2.16. The van der Waals surface area contributed by atoms with E-state index in [1.54, 1.807) is 6.07 Å². The van der Waals surface area contributed by atoms with Crippen molar-refractivity contribution in [2.75, 3.05) is 18.0 Å². The molecule has 1 aromatic rings. The molecule has 1 atom stereocenters. The molecule has 0 aliphatic carbocycles. The number of anilines is 1. The lowest BCUT2D eigenvalue weighted by Crippen LogP contribution is -2.20. The maximum absolute atomic E-state index is 10.8. The van der Waals surface area contributed by atoms with Gasteiger partial charge in [0.05, 0.1) is 16.9 Å². The number of pyridine rings is 1. The van der Waals surface area contributed by atoms with Crippen LogP contribution in [0.1, 0.15) is 18.9 Å². The predicted molar refractivity (Wildman–Crippen MR) is 66.2 cm³/mol. The van der Waals surface area contributed by atoms with Crippen LogP contribution in [-0.2, 0) is 6.42 Å². The van der Waals surface area contributed by atoms with Gasteiger partial charge >= 0.3 is 0 Å². The molecule has 1 saturated heterocycles. The van der Waals surface area contributed by atoms with E-state index in [2.05, 4.69) is 11.1 Å². The van der Waals surface area contributed by atoms with Crippen molar-refractivity contribution in [1.29, 1.82) is 5.26 Å². The highest BCUT2D eigenvalue weighted by molar-refractivity contribution is 5.50. The van der Waals surface area contributed by atoms with Gasteiger partial charge in [0.15, 0.2) is 0 Å². The number of nitro groups is 1. The van der Waals surface area contributed by atoms with Crippen molar-refractivity contribution in [3.63, 3.8) is 0 Å². The fourth-order valence-corrected chi connectivity index (χ4v) is 2.17. The van der Waals surface area contributed by atoms with E-state index in [9.17, 15) is 10.1 Å². The van der Waals surface area contributed by atoms with Gasteiger partial charge in [-0.2, -0.15) is 5.26 Å². The molecule has 0 bridgehead atoms. The van der Waals surface area contributed by atoms with E-state index in [0.29, 0.717) is 18.5 Å². The van der Waals surface area contributed by atoms with E-state index >= 15 is 0 Å². The lowest BCUT2D eigenvalue weighted by molar-refractivity contribution is -0.385. The molecule has 0 N–H and O–H groups in total. The van der Waals surface area contributed by atoms with Gasteiger partial charge in [-0.25, -0.2) is 4.98 Å². The quantitative estimate of drug-likeness (QED) is 0.600. The molecule has 1 unspecified atom stereocenters. The summed E-state index contributed by atoms with van der Waals surface area (Å²) in [5.74, 6) is 0.766. The molecule has 6 nitrogen and oxygen atoms in total. The zero-order valence-corrected chi connectivity index (χ0v) is 10.2. The van der Waals surface area contributed by atoms with Crippen LogP contribution in [0.5, 0.6) is 0 Å². The molecule has 0 saturated carbocycles. The molecule has 2 heterocycles. The van der Waals surface area contributed by atoms with E-state index < -0.39 is 4.92 Å². The summed E-state index contributed by atoms with van der Waals surface area (Å²) >= 11 is 0. The molecule has 94 valence electrons. The molecule has 2 rings (SSSR count). The molecule has 0 amide bonds. The largest absolute Gasteiger partial charge is 0.355 e. The Balaban J connectivity index is 2.26. The highest BCUT2D eigenvalue weighted by atomic mass is 16.6. The first-order chi connectivity index (χ1) is 8.65. The first-order valence-corrected chi connectivity index (χ1v) is 5.93. The molecule has 0 spiro atoms. The van der Waals surface area contributed by atoms with E-state index in [1.165, 1.54) is 6.20 Å². The standard InChI is InChI=1S/C12H14N4O2/c1-2-10-5-12(14-7-11(10)16(17)18)15-4-3-9(6-13)8-15/h5,7,9H,2-4,8H2,1H3. The third-order valence-electron chi connectivity index (χ3n) is 3.22. The van der Waals surface area contributed by atoms with Gasteiger partial charge < -0.3 is 4.90 Å². The van der Waals surface area contributed by atoms with Gasteiger partial charge in [0.25, 0.3) is 5.69 Å². The van der Waals surface area contributed by atoms with Gasteiger partial charge in [-0.1, -0.05) is 6.92 Å². The van der Waals surface area contributed by atoms with Crippen molar-refractivity contribution in [2.45, 2.75) is 19.8 Å². The minimum atomic E-state index is -0.405. The lowest BCUT2D eigenvalue weighted by atomic mass is 10.1. The Morgan fingerprint density at radius 2 is 2.50 bits per heavy atom. The average molecular weight is 246 g/mol. The van der Waals surface area contributed by atoms with Crippen molar-refractivity contribution in [1.82, 2.24) is 4.98 Å². The summed E-state index contributed by atoms with van der Waals surface area (Å²) in [6, 6.07) is 4.01. The Labute approximate surface area is 105 Å². The second-order valence-corrected chi connectivity index (χ2v) is 4.34. The van der Waals surface area contributed by atoms with Crippen molar-refractivity contribution in [3.8, 4) is 6.07 Å². The summed E-state index contributed by atoms with van der Waals surface area (Å²) in [7, 11) is 0. The second kappa shape index (κ2) is 5.00. The molecule has 18 heavy (non-hydrogen) atoms. The molecule has 1 aliphatic heterocycles. The maximum atomic E-state index is 10.8. The Morgan fingerprint density at radius 1 is 1.72 bits per heavy atom. The topological polar surface area (TPSA) is 83.1 Å². The van der Waals surface area contributed by atoms with E-state index in [1.807, 2.05) is 11.8 Å². The minimum Gasteiger partial charge on any atom is -0.355 e. The summed E-state index contributed by atoms with van der Waals surface area (Å²) < 4.78 is 0. The molecule has 1 aliphatic rings. The number of aromatic nitrogens is 1. The SMILES string of the molecule is CCc1cc(N2CCC(C#N)C2)ncc1[N+](=O)[O-]. The molecular formula is C12H14N4O2. The summed E-state index contributed by atoms with van der Waals surface area (Å²) in [6.45, 7) is 3.32. The van der Waals surface area contributed by atoms with Crippen LogP contribution >= 0.6 is 0 Å². The van der Waals surface area contributed by atoms with Crippen molar-refractivity contribution >= 4 is 11.5 Å². The normalized spacial score (nSPS) is 18.7. The predicted octanol–water partition coefficient (Wildman–Crippen LogP) is 1.90. The fraction of sp³-hybridized carbons (Fsp3) is 0.500. The van der Waals surface area contributed by atoms with Crippen molar-refractivity contribution in [3.05, 3.63) is 27.9 Å².